The highest BCUT2D eigenvalue weighted by atomic mass is 16.6. The van der Waals surface area contributed by atoms with Crippen molar-refractivity contribution in [2.45, 2.75) is 0 Å². The molecule has 0 saturated carbocycles. The zero-order valence-corrected chi connectivity index (χ0v) is 10.1. The minimum absolute atomic E-state index is 0.0653. The van der Waals surface area contributed by atoms with E-state index in [-0.39, 0.29) is 5.69 Å². The smallest absolute Gasteiger partial charge is 0.344 e. The highest BCUT2D eigenvalue weighted by Gasteiger charge is 2.25. The summed E-state index contributed by atoms with van der Waals surface area (Å²) in [6.07, 6.45) is 2.85. The van der Waals surface area contributed by atoms with E-state index in [0.717, 1.165) is 0 Å². The van der Waals surface area contributed by atoms with Crippen molar-refractivity contribution in [3.05, 3.63) is 69.5 Å². The Kier molecular flexibility index (Phi) is 2.76. The minimum Gasteiger partial charge on any atom is -0.422 e. The van der Waals surface area contributed by atoms with Crippen LogP contribution in [0, 0.1) is 10.1 Å². The summed E-state index contributed by atoms with van der Waals surface area (Å²) in [4.78, 5) is 25.9. The molecule has 0 spiro atoms. The second-order valence-corrected chi connectivity index (χ2v) is 4.14. The largest absolute Gasteiger partial charge is 0.422 e. The quantitative estimate of drug-likeness (QED) is 0.475. The lowest BCUT2D eigenvalue weighted by atomic mass is 10.1. The molecule has 1 aromatic heterocycles. The van der Waals surface area contributed by atoms with Crippen molar-refractivity contribution in [3.8, 4) is 0 Å². The zero-order chi connectivity index (χ0) is 14.1. The van der Waals surface area contributed by atoms with Crippen molar-refractivity contribution in [2.24, 2.45) is 0 Å². The number of fused-ring (bicyclic) bond motifs is 1. The number of carbonyl (C=O) groups excluding carboxylic acids is 1. The predicted molar refractivity (Wildman–Crippen MR) is 70.6 cm³/mol. The topological polar surface area (TPSA) is 82.3 Å². The second-order valence-electron chi connectivity index (χ2n) is 4.14. The molecule has 1 aliphatic rings. The van der Waals surface area contributed by atoms with Gasteiger partial charge in [-0.05, 0) is 6.07 Å². The van der Waals surface area contributed by atoms with Crippen LogP contribution in [0.1, 0.15) is 21.6 Å². The third-order valence-electron chi connectivity index (χ3n) is 2.87. The number of nitro groups is 1. The Morgan fingerprint density at radius 1 is 1.20 bits per heavy atom. The average Bonchev–Trinajstić information content (AvgIpc) is 2.76. The lowest BCUT2D eigenvalue weighted by molar-refractivity contribution is -0.384. The first-order chi connectivity index (χ1) is 9.65. The first-order valence-corrected chi connectivity index (χ1v) is 5.79. The van der Waals surface area contributed by atoms with Gasteiger partial charge in [0.15, 0.2) is 0 Å². The molecule has 0 saturated heterocycles. The Hall–Kier alpha value is -3.02. The third-order valence-corrected chi connectivity index (χ3v) is 2.87. The van der Waals surface area contributed by atoms with Gasteiger partial charge >= 0.3 is 5.97 Å². The van der Waals surface area contributed by atoms with Gasteiger partial charge in [-0.2, -0.15) is 0 Å². The molecule has 0 atom stereocenters. The van der Waals surface area contributed by atoms with Crippen LogP contribution < -0.4 is 0 Å². The Labute approximate surface area is 113 Å². The minimum atomic E-state index is -0.502. The number of hydrogen-bond acceptors (Lipinski definition) is 5. The Morgan fingerprint density at radius 3 is 2.70 bits per heavy atom. The molecule has 20 heavy (non-hydrogen) atoms. The van der Waals surface area contributed by atoms with Crippen LogP contribution in [-0.4, -0.2) is 15.9 Å². The lowest BCUT2D eigenvalue weighted by Gasteiger charge is -1.98. The zero-order valence-electron chi connectivity index (χ0n) is 10.1. The molecule has 6 nitrogen and oxygen atoms in total. The summed E-state index contributed by atoms with van der Waals surface area (Å²) in [5.41, 5.74) is 1.43. The summed E-state index contributed by atoms with van der Waals surface area (Å²) < 4.78 is 5.15. The fourth-order valence-corrected chi connectivity index (χ4v) is 1.96. The first-order valence-electron chi connectivity index (χ1n) is 5.79. The van der Waals surface area contributed by atoms with Crippen molar-refractivity contribution < 1.29 is 14.5 Å². The summed E-state index contributed by atoms with van der Waals surface area (Å²) in [5, 5.41) is 10.7. The molecule has 6 heteroatoms. The van der Waals surface area contributed by atoms with E-state index in [1.165, 1.54) is 24.4 Å². The van der Waals surface area contributed by atoms with E-state index in [9.17, 15) is 14.9 Å². The van der Waals surface area contributed by atoms with Crippen LogP contribution in [0.5, 0.6) is 0 Å². The molecule has 1 aromatic carbocycles. The molecule has 98 valence electrons. The summed E-state index contributed by atoms with van der Waals surface area (Å²) in [6, 6.07) is 9.57. The van der Waals surface area contributed by atoms with E-state index in [1.807, 2.05) is 0 Å². The predicted octanol–water partition coefficient (Wildman–Crippen LogP) is 2.66. The van der Waals surface area contributed by atoms with E-state index >= 15 is 0 Å². The maximum absolute atomic E-state index is 11.6. The fraction of sp³-hybridized carbons (Fsp3) is 0. The number of pyridine rings is 1. The first kappa shape index (κ1) is 12.0. The molecule has 0 amide bonds. The fourth-order valence-electron chi connectivity index (χ4n) is 1.96. The number of hydrogen-bond donors (Lipinski definition) is 0. The van der Waals surface area contributed by atoms with Crippen molar-refractivity contribution in [1.82, 2.24) is 4.98 Å². The summed E-state index contributed by atoms with van der Waals surface area (Å²) in [5.74, 6) is -0.0871. The van der Waals surface area contributed by atoms with Crippen LogP contribution in [0.4, 0.5) is 5.69 Å². The highest BCUT2D eigenvalue weighted by Crippen LogP contribution is 2.30. The van der Waals surface area contributed by atoms with Crippen LogP contribution in [0.3, 0.4) is 0 Å². The Morgan fingerprint density at radius 2 is 1.95 bits per heavy atom. The Bertz CT molecular complexity index is 752. The monoisotopic (exact) mass is 268 g/mol. The highest BCUT2D eigenvalue weighted by molar-refractivity contribution is 6.05. The molecular weight excluding hydrogens is 260 g/mol. The van der Waals surface area contributed by atoms with E-state index < -0.39 is 10.9 Å². The SMILES string of the molecule is O=C1O/C(=C/c2cc([N+](=O)[O-])ccn2)c2ccccc21. The summed E-state index contributed by atoms with van der Waals surface area (Å²) >= 11 is 0. The van der Waals surface area contributed by atoms with Crippen molar-refractivity contribution in [3.63, 3.8) is 0 Å². The number of esters is 1. The van der Waals surface area contributed by atoms with Crippen molar-refractivity contribution in [1.29, 1.82) is 0 Å². The molecule has 0 bridgehead atoms. The van der Waals surface area contributed by atoms with Gasteiger partial charge in [-0.3, -0.25) is 15.1 Å². The number of benzene rings is 1. The molecule has 2 heterocycles. The van der Waals surface area contributed by atoms with Crippen molar-refractivity contribution >= 4 is 23.5 Å². The lowest BCUT2D eigenvalue weighted by Crippen LogP contribution is -1.92. The van der Waals surface area contributed by atoms with Crippen LogP contribution in [0.25, 0.3) is 11.8 Å². The van der Waals surface area contributed by atoms with Gasteiger partial charge in [-0.1, -0.05) is 18.2 Å². The number of cyclic esters (lactones) is 1. The van der Waals surface area contributed by atoms with Gasteiger partial charge < -0.3 is 4.74 Å². The molecule has 0 unspecified atom stereocenters. The van der Waals surface area contributed by atoms with Gasteiger partial charge in [-0.25, -0.2) is 4.79 Å². The van der Waals surface area contributed by atoms with Gasteiger partial charge in [0, 0.05) is 30.0 Å². The maximum Gasteiger partial charge on any atom is 0.344 e. The van der Waals surface area contributed by atoms with E-state index in [0.29, 0.717) is 22.6 Å². The molecule has 1 aliphatic heterocycles. The number of ether oxygens (including phenoxy) is 1. The van der Waals surface area contributed by atoms with E-state index in [2.05, 4.69) is 4.98 Å². The van der Waals surface area contributed by atoms with Gasteiger partial charge in [0.25, 0.3) is 5.69 Å². The molecule has 0 aliphatic carbocycles. The van der Waals surface area contributed by atoms with Gasteiger partial charge in [0.1, 0.15) is 5.76 Å². The summed E-state index contributed by atoms with van der Waals surface area (Å²) in [6.45, 7) is 0. The van der Waals surface area contributed by atoms with Gasteiger partial charge in [-0.15, -0.1) is 0 Å². The molecule has 0 fully saturated rings. The van der Waals surface area contributed by atoms with Crippen molar-refractivity contribution in [2.75, 3.05) is 0 Å². The van der Waals surface area contributed by atoms with E-state index in [4.69, 9.17) is 4.74 Å². The third kappa shape index (κ3) is 2.03. The van der Waals surface area contributed by atoms with Crippen LogP contribution in [-0.2, 0) is 4.74 Å². The van der Waals surface area contributed by atoms with Crippen LogP contribution in [0.2, 0.25) is 0 Å². The maximum atomic E-state index is 11.6. The molecular formula is C14H8N2O4. The van der Waals surface area contributed by atoms with E-state index in [1.54, 1.807) is 24.3 Å². The van der Waals surface area contributed by atoms with Crippen LogP contribution in [0.15, 0.2) is 42.6 Å². The van der Waals surface area contributed by atoms with Gasteiger partial charge in [0.05, 0.1) is 16.2 Å². The number of nitrogens with zero attached hydrogens (tertiary/aromatic N) is 2. The Balaban J connectivity index is 2.04. The molecule has 0 radical (unpaired) electrons. The average molecular weight is 268 g/mol. The molecule has 2 aromatic rings. The second kappa shape index (κ2) is 4.58. The molecule has 0 N–H and O–H groups in total. The molecule has 3 rings (SSSR count). The number of carbonyl (C=O) groups is 1. The standard InChI is InChI=1S/C14H8N2O4/c17-14-12-4-2-1-3-11(12)13(20-14)8-9-7-10(16(18)19)5-6-15-9/h1-8H/b13-8+. The normalized spacial score (nSPS) is 15.0. The van der Waals surface area contributed by atoms with Crippen LogP contribution >= 0.6 is 0 Å². The number of aromatic nitrogens is 1. The summed E-state index contributed by atoms with van der Waals surface area (Å²) in [7, 11) is 0. The number of rotatable bonds is 2. The van der Waals surface area contributed by atoms with Gasteiger partial charge in [0.2, 0.25) is 0 Å².